The fourth-order valence-electron chi connectivity index (χ4n) is 2.47. The van der Waals surface area contributed by atoms with E-state index < -0.39 is 0 Å². The van der Waals surface area contributed by atoms with E-state index >= 15 is 0 Å². The number of unbranched alkanes of at least 4 members (excludes halogenated alkanes) is 3. The highest BCUT2D eigenvalue weighted by molar-refractivity contribution is 5.91. The first-order valence-electron chi connectivity index (χ1n) is 8.73. The van der Waals surface area contributed by atoms with Crippen LogP contribution in [0.15, 0.2) is 54.6 Å². The van der Waals surface area contributed by atoms with E-state index in [-0.39, 0.29) is 12.1 Å². The zero-order valence-electron chi connectivity index (χ0n) is 14.5. The van der Waals surface area contributed by atoms with Crippen LogP contribution in [-0.2, 0) is 0 Å². The van der Waals surface area contributed by atoms with Crippen molar-refractivity contribution in [3.8, 4) is 11.5 Å². The smallest absolute Gasteiger partial charge is 0.343 e. The van der Waals surface area contributed by atoms with Crippen LogP contribution >= 0.6 is 0 Å². The fourth-order valence-corrected chi connectivity index (χ4v) is 2.47. The molecule has 0 N–H and O–H groups in total. The summed E-state index contributed by atoms with van der Waals surface area (Å²) in [6.07, 6.45) is 6.22. The third-order valence-electron chi connectivity index (χ3n) is 3.85. The molecule has 2 aromatic carbocycles. The summed E-state index contributed by atoms with van der Waals surface area (Å²) in [5, 5.41) is 0. The van der Waals surface area contributed by atoms with Gasteiger partial charge in [-0.05, 0) is 56.2 Å². The van der Waals surface area contributed by atoms with Crippen molar-refractivity contribution >= 4 is 5.97 Å². The molecule has 3 nitrogen and oxygen atoms in total. The molecule has 0 heterocycles. The Labute approximate surface area is 144 Å². The first-order valence-corrected chi connectivity index (χ1v) is 8.73. The van der Waals surface area contributed by atoms with Gasteiger partial charge in [0.05, 0.1) is 11.7 Å². The summed E-state index contributed by atoms with van der Waals surface area (Å²) in [4.78, 5) is 12.1. The second-order valence-corrected chi connectivity index (χ2v) is 6.00. The van der Waals surface area contributed by atoms with Gasteiger partial charge in [-0.25, -0.2) is 4.79 Å². The van der Waals surface area contributed by atoms with Crippen molar-refractivity contribution in [3.05, 3.63) is 60.2 Å². The van der Waals surface area contributed by atoms with Crippen LogP contribution in [0.1, 0.15) is 56.3 Å². The summed E-state index contributed by atoms with van der Waals surface area (Å²) in [5.74, 6) is 0.971. The predicted octanol–water partition coefficient (Wildman–Crippen LogP) is 5.64. The molecule has 2 rings (SSSR count). The van der Waals surface area contributed by atoms with E-state index in [1.807, 2.05) is 30.3 Å². The van der Waals surface area contributed by atoms with Gasteiger partial charge in [-0.3, -0.25) is 0 Å². The van der Waals surface area contributed by atoms with E-state index in [1.54, 1.807) is 24.3 Å². The van der Waals surface area contributed by atoms with E-state index in [0.717, 1.165) is 12.2 Å². The number of esters is 1. The maximum Gasteiger partial charge on any atom is 0.343 e. The maximum absolute atomic E-state index is 12.1. The molecule has 0 aliphatic heterocycles. The Morgan fingerprint density at radius 2 is 1.62 bits per heavy atom. The van der Waals surface area contributed by atoms with Gasteiger partial charge >= 0.3 is 5.97 Å². The molecule has 3 heteroatoms. The van der Waals surface area contributed by atoms with E-state index in [0.29, 0.717) is 11.3 Å². The minimum absolute atomic E-state index is 0.184. The summed E-state index contributed by atoms with van der Waals surface area (Å²) < 4.78 is 11.2. The molecule has 0 fully saturated rings. The number of para-hydroxylation sites is 1. The molecule has 0 aromatic heterocycles. The number of carbonyl (C=O) groups excluding carboxylic acids is 1. The van der Waals surface area contributed by atoms with Crippen molar-refractivity contribution < 1.29 is 14.3 Å². The summed E-state index contributed by atoms with van der Waals surface area (Å²) in [6.45, 7) is 4.30. The van der Waals surface area contributed by atoms with Crippen LogP contribution in [0.25, 0.3) is 0 Å². The molecule has 0 amide bonds. The topological polar surface area (TPSA) is 35.5 Å². The molecule has 0 saturated heterocycles. The van der Waals surface area contributed by atoms with E-state index in [9.17, 15) is 4.79 Å². The summed E-state index contributed by atoms with van der Waals surface area (Å²) in [5.41, 5.74) is 0.516. The lowest BCUT2D eigenvalue weighted by atomic mass is 10.1. The predicted molar refractivity (Wildman–Crippen MR) is 96.7 cm³/mol. The fraction of sp³-hybridized carbons (Fsp3) is 0.381. The molecule has 0 radical (unpaired) electrons. The van der Waals surface area contributed by atoms with Crippen molar-refractivity contribution in [2.24, 2.45) is 0 Å². The zero-order valence-corrected chi connectivity index (χ0v) is 14.5. The average Bonchev–Trinajstić information content (AvgIpc) is 2.60. The molecule has 1 unspecified atom stereocenters. The van der Waals surface area contributed by atoms with Crippen LogP contribution in [0, 0.1) is 0 Å². The molecular weight excluding hydrogens is 300 g/mol. The highest BCUT2D eigenvalue weighted by Crippen LogP contribution is 2.18. The van der Waals surface area contributed by atoms with Gasteiger partial charge < -0.3 is 9.47 Å². The SMILES string of the molecule is CCCCCCC(C)Oc1ccc(C(=O)Oc2ccccc2)cc1. The summed E-state index contributed by atoms with van der Waals surface area (Å²) in [7, 11) is 0. The molecule has 2 aromatic rings. The third-order valence-corrected chi connectivity index (χ3v) is 3.85. The van der Waals surface area contributed by atoms with Gasteiger partial charge in [0.15, 0.2) is 0 Å². The standard InChI is InChI=1S/C21H26O3/c1-3-4-5-7-10-17(2)23-20-15-13-18(14-16-20)21(22)24-19-11-8-6-9-12-19/h6,8-9,11-17H,3-5,7,10H2,1-2H3. The molecule has 0 aliphatic rings. The Bertz CT molecular complexity index is 605. The van der Waals surface area contributed by atoms with Crippen LogP contribution in [0.3, 0.4) is 0 Å². The quantitative estimate of drug-likeness (QED) is 0.340. The van der Waals surface area contributed by atoms with Gasteiger partial charge in [0.1, 0.15) is 11.5 Å². The monoisotopic (exact) mass is 326 g/mol. The van der Waals surface area contributed by atoms with Gasteiger partial charge in [-0.1, -0.05) is 44.4 Å². The van der Waals surface area contributed by atoms with Gasteiger partial charge in [0.25, 0.3) is 0 Å². The van der Waals surface area contributed by atoms with Crippen LogP contribution < -0.4 is 9.47 Å². The van der Waals surface area contributed by atoms with E-state index in [4.69, 9.17) is 9.47 Å². The Morgan fingerprint density at radius 3 is 2.29 bits per heavy atom. The highest BCUT2D eigenvalue weighted by atomic mass is 16.5. The average molecular weight is 326 g/mol. The molecule has 128 valence electrons. The van der Waals surface area contributed by atoms with Crippen molar-refractivity contribution in [1.29, 1.82) is 0 Å². The van der Waals surface area contributed by atoms with Crippen LogP contribution in [0.4, 0.5) is 0 Å². The highest BCUT2D eigenvalue weighted by Gasteiger charge is 2.09. The Kier molecular flexibility index (Phi) is 7.34. The van der Waals surface area contributed by atoms with Crippen molar-refractivity contribution in [2.75, 3.05) is 0 Å². The Balaban J connectivity index is 1.82. The second-order valence-electron chi connectivity index (χ2n) is 6.00. The second kappa shape index (κ2) is 9.76. The molecule has 0 bridgehead atoms. The van der Waals surface area contributed by atoms with Crippen LogP contribution in [-0.4, -0.2) is 12.1 Å². The Hall–Kier alpha value is -2.29. The number of ether oxygens (including phenoxy) is 2. The lowest BCUT2D eigenvalue weighted by Gasteiger charge is -2.14. The minimum Gasteiger partial charge on any atom is -0.491 e. The number of benzene rings is 2. The van der Waals surface area contributed by atoms with Crippen LogP contribution in [0.5, 0.6) is 11.5 Å². The number of hydrogen-bond acceptors (Lipinski definition) is 3. The third kappa shape index (κ3) is 6.07. The molecule has 0 saturated carbocycles. The van der Waals surface area contributed by atoms with Gasteiger partial charge in [0, 0.05) is 0 Å². The number of rotatable bonds is 9. The van der Waals surface area contributed by atoms with Gasteiger partial charge in [0.2, 0.25) is 0 Å². The van der Waals surface area contributed by atoms with Crippen molar-refractivity contribution in [1.82, 2.24) is 0 Å². The van der Waals surface area contributed by atoms with E-state index in [1.165, 1.54) is 25.7 Å². The first-order chi connectivity index (χ1) is 11.7. The lowest BCUT2D eigenvalue weighted by molar-refractivity contribution is 0.0734. The normalized spacial score (nSPS) is 11.8. The lowest BCUT2D eigenvalue weighted by Crippen LogP contribution is -2.12. The number of hydrogen-bond donors (Lipinski definition) is 0. The minimum atomic E-state index is -0.361. The summed E-state index contributed by atoms with van der Waals surface area (Å²) >= 11 is 0. The van der Waals surface area contributed by atoms with Gasteiger partial charge in [-0.15, -0.1) is 0 Å². The largest absolute Gasteiger partial charge is 0.491 e. The van der Waals surface area contributed by atoms with E-state index in [2.05, 4.69) is 13.8 Å². The number of carbonyl (C=O) groups is 1. The maximum atomic E-state index is 12.1. The molecule has 0 spiro atoms. The molecule has 24 heavy (non-hydrogen) atoms. The molecule has 1 atom stereocenters. The first kappa shape index (κ1) is 18.1. The van der Waals surface area contributed by atoms with Crippen molar-refractivity contribution in [3.63, 3.8) is 0 Å². The zero-order chi connectivity index (χ0) is 17.2. The van der Waals surface area contributed by atoms with Crippen LogP contribution in [0.2, 0.25) is 0 Å². The van der Waals surface area contributed by atoms with Gasteiger partial charge in [-0.2, -0.15) is 0 Å². The van der Waals surface area contributed by atoms with Crippen molar-refractivity contribution in [2.45, 2.75) is 52.1 Å². The molecule has 0 aliphatic carbocycles. The molecular formula is C21H26O3. The summed E-state index contributed by atoms with van der Waals surface area (Å²) in [6, 6.07) is 16.2. The Morgan fingerprint density at radius 1 is 0.917 bits per heavy atom.